The zero-order valence-corrected chi connectivity index (χ0v) is 15.2. The molecule has 0 aromatic heterocycles. The smallest absolute Gasteiger partial charge is 0.343 e. The van der Waals surface area contributed by atoms with Gasteiger partial charge in [0.1, 0.15) is 11.5 Å². The molecule has 4 nitrogen and oxygen atoms in total. The highest BCUT2D eigenvalue weighted by atomic mass is 16.5. The van der Waals surface area contributed by atoms with Gasteiger partial charge in [0.15, 0.2) is 0 Å². The highest BCUT2D eigenvalue weighted by molar-refractivity contribution is 5.91. The zero-order chi connectivity index (χ0) is 18.5. The number of esters is 2. The van der Waals surface area contributed by atoms with E-state index in [2.05, 4.69) is 6.92 Å². The summed E-state index contributed by atoms with van der Waals surface area (Å²) < 4.78 is 10.8. The first-order valence-corrected chi connectivity index (χ1v) is 9.12. The maximum absolute atomic E-state index is 12.2. The van der Waals surface area contributed by atoms with E-state index in [0.29, 0.717) is 23.0 Å². The predicted molar refractivity (Wildman–Crippen MR) is 99.3 cm³/mol. The van der Waals surface area contributed by atoms with Crippen LogP contribution in [0.5, 0.6) is 11.5 Å². The van der Waals surface area contributed by atoms with Crippen LogP contribution in [0.15, 0.2) is 48.5 Å². The van der Waals surface area contributed by atoms with Crippen LogP contribution >= 0.6 is 0 Å². The summed E-state index contributed by atoms with van der Waals surface area (Å²) in [6.45, 7) is 4.19. The first kappa shape index (κ1) is 18.2. The van der Waals surface area contributed by atoms with Crippen molar-refractivity contribution < 1.29 is 19.1 Å². The van der Waals surface area contributed by atoms with Gasteiger partial charge in [-0.05, 0) is 74.9 Å². The second-order valence-electron chi connectivity index (χ2n) is 7.10. The third-order valence-electron chi connectivity index (χ3n) is 4.89. The summed E-state index contributed by atoms with van der Waals surface area (Å²) in [6.07, 6.45) is 3.93. The number of carbonyl (C=O) groups is 2. The molecule has 1 aliphatic carbocycles. The van der Waals surface area contributed by atoms with E-state index in [0.717, 1.165) is 31.2 Å². The molecule has 0 aliphatic heterocycles. The van der Waals surface area contributed by atoms with E-state index in [1.54, 1.807) is 36.4 Å². The van der Waals surface area contributed by atoms with Crippen molar-refractivity contribution in [2.24, 2.45) is 11.8 Å². The number of ether oxygens (including phenoxy) is 2. The third-order valence-corrected chi connectivity index (χ3v) is 4.89. The highest BCUT2D eigenvalue weighted by Gasteiger charge is 2.26. The molecule has 0 N–H and O–H groups in total. The van der Waals surface area contributed by atoms with Gasteiger partial charge < -0.3 is 9.47 Å². The van der Waals surface area contributed by atoms with Gasteiger partial charge in [0.05, 0.1) is 11.5 Å². The van der Waals surface area contributed by atoms with Gasteiger partial charge in [-0.2, -0.15) is 0 Å². The molecular weight excluding hydrogens is 328 g/mol. The Morgan fingerprint density at radius 1 is 0.808 bits per heavy atom. The van der Waals surface area contributed by atoms with Gasteiger partial charge in [0.25, 0.3) is 0 Å². The molecule has 3 rings (SSSR count). The van der Waals surface area contributed by atoms with E-state index in [4.69, 9.17) is 9.47 Å². The summed E-state index contributed by atoms with van der Waals surface area (Å²) in [5.41, 5.74) is 1.51. The fourth-order valence-corrected chi connectivity index (χ4v) is 3.13. The van der Waals surface area contributed by atoms with Crippen LogP contribution in [0, 0.1) is 18.8 Å². The molecule has 0 bridgehead atoms. The van der Waals surface area contributed by atoms with Crippen LogP contribution in [0.25, 0.3) is 0 Å². The van der Waals surface area contributed by atoms with E-state index < -0.39 is 5.97 Å². The van der Waals surface area contributed by atoms with E-state index in [-0.39, 0.29) is 11.9 Å². The molecule has 1 fully saturated rings. The van der Waals surface area contributed by atoms with E-state index in [1.165, 1.54) is 0 Å². The summed E-state index contributed by atoms with van der Waals surface area (Å²) in [7, 11) is 0. The van der Waals surface area contributed by atoms with Crippen molar-refractivity contribution in [2.45, 2.75) is 39.5 Å². The molecule has 1 saturated carbocycles. The summed E-state index contributed by atoms with van der Waals surface area (Å²) in [4.78, 5) is 24.4. The van der Waals surface area contributed by atoms with Crippen molar-refractivity contribution in [3.05, 3.63) is 59.7 Å². The maximum atomic E-state index is 12.2. The monoisotopic (exact) mass is 352 g/mol. The normalized spacial score (nSPS) is 19.6. The van der Waals surface area contributed by atoms with Gasteiger partial charge in [-0.15, -0.1) is 0 Å². The molecule has 0 atom stereocenters. The molecule has 26 heavy (non-hydrogen) atoms. The second-order valence-corrected chi connectivity index (χ2v) is 7.10. The third kappa shape index (κ3) is 4.72. The first-order valence-electron chi connectivity index (χ1n) is 9.12. The number of hydrogen-bond donors (Lipinski definition) is 0. The summed E-state index contributed by atoms with van der Waals surface area (Å²) in [5.74, 6) is 1.03. The first-order chi connectivity index (χ1) is 12.5. The molecular formula is C22H24O4. The Balaban J connectivity index is 1.56. The molecule has 0 saturated heterocycles. The molecule has 2 aromatic rings. The van der Waals surface area contributed by atoms with Crippen LogP contribution < -0.4 is 9.47 Å². The number of carbonyl (C=O) groups excluding carboxylic acids is 2. The molecule has 1 aliphatic rings. The van der Waals surface area contributed by atoms with Crippen molar-refractivity contribution in [1.82, 2.24) is 0 Å². The second kappa shape index (κ2) is 8.17. The average molecular weight is 352 g/mol. The minimum absolute atomic E-state index is 0.0163. The molecule has 0 spiro atoms. The number of hydrogen-bond acceptors (Lipinski definition) is 4. The van der Waals surface area contributed by atoms with E-state index >= 15 is 0 Å². The van der Waals surface area contributed by atoms with E-state index in [1.807, 2.05) is 19.1 Å². The molecule has 0 radical (unpaired) electrons. The van der Waals surface area contributed by atoms with Gasteiger partial charge in [-0.1, -0.05) is 24.6 Å². The molecule has 2 aromatic carbocycles. The van der Waals surface area contributed by atoms with Crippen LogP contribution in [0.3, 0.4) is 0 Å². The summed E-state index contributed by atoms with van der Waals surface area (Å²) >= 11 is 0. The Morgan fingerprint density at radius 3 is 1.96 bits per heavy atom. The Morgan fingerprint density at radius 2 is 1.35 bits per heavy atom. The quantitative estimate of drug-likeness (QED) is 0.577. The Hall–Kier alpha value is -2.62. The fourth-order valence-electron chi connectivity index (χ4n) is 3.13. The number of benzene rings is 2. The molecule has 0 unspecified atom stereocenters. The van der Waals surface area contributed by atoms with Crippen molar-refractivity contribution in [3.8, 4) is 11.5 Å². The minimum Gasteiger partial charge on any atom is -0.426 e. The van der Waals surface area contributed by atoms with Crippen molar-refractivity contribution >= 4 is 11.9 Å². The molecule has 136 valence electrons. The highest BCUT2D eigenvalue weighted by Crippen LogP contribution is 2.29. The summed E-state index contributed by atoms with van der Waals surface area (Å²) in [5, 5.41) is 0. The van der Waals surface area contributed by atoms with E-state index in [9.17, 15) is 9.59 Å². The largest absolute Gasteiger partial charge is 0.426 e. The van der Waals surface area contributed by atoms with Gasteiger partial charge in [-0.25, -0.2) is 4.79 Å². The summed E-state index contributed by atoms with van der Waals surface area (Å²) in [6, 6.07) is 13.8. The minimum atomic E-state index is -0.437. The van der Waals surface area contributed by atoms with Crippen molar-refractivity contribution in [1.29, 1.82) is 0 Å². The lowest BCUT2D eigenvalue weighted by Crippen LogP contribution is -2.24. The number of aryl methyl sites for hydroxylation is 1. The van der Waals surface area contributed by atoms with Gasteiger partial charge in [-0.3, -0.25) is 4.79 Å². The lowest BCUT2D eigenvalue weighted by Gasteiger charge is -2.24. The van der Waals surface area contributed by atoms with Gasteiger partial charge >= 0.3 is 11.9 Å². The van der Waals surface area contributed by atoms with Gasteiger partial charge in [0, 0.05) is 0 Å². The SMILES string of the molecule is Cc1ccc(OC(=O)c2ccc(OC(=O)C3CCC(C)CC3)cc2)cc1. The van der Waals surface area contributed by atoms with Gasteiger partial charge in [0.2, 0.25) is 0 Å². The van der Waals surface area contributed by atoms with Crippen molar-refractivity contribution in [3.63, 3.8) is 0 Å². The molecule has 0 amide bonds. The number of rotatable bonds is 4. The predicted octanol–water partition coefficient (Wildman–Crippen LogP) is 4.95. The molecule has 4 heteroatoms. The molecule has 0 heterocycles. The average Bonchev–Trinajstić information content (AvgIpc) is 2.64. The standard InChI is InChI=1S/C22H24O4/c1-15-3-7-17(8-4-15)21(23)26-20-13-9-18(10-14-20)22(24)25-19-11-5-16(2)6-12-19/h5-6,9-15,17H,3-4,7-8H2,1-2H3. The topological polar surface area (TPSA) is 52.6 Å². The zero-order valence-electron chi connectivity index (χ0n) is 15.2. The van der Waals surface area contributed by atoms with Crippen molar-refractivity contribution in [2.75, 3.05) is 0 Å². The Kier molecular flexibility index (Phi) is 5.71. The van der Waals surface area contributed by atoms with Crippen LogP contribution in [0.1, 0.15) is 48.5 Å². The Bertz CT molecular complexity index is 754. The lowest BCUT2D eigenvalue weighted by molar-refractivity contribution is -0.140. The van der Waals surface area contributed by atoms with Crippen LogP contribution in [0.4, 0.5) is 0 Å². The van der Waals surface area contributed by atoms with Crippen LogP contribution in [-0.2, 0) is 4.79 Å². The fraction of sp³-hybridized carbons (Fsp3) is 0.364. The van der Waals surface area contributed by atoms with Crippen LogP contribution in [-0.4, -0.2) is 11.9 Å². The maximum Gasteiger partial charge on any atom is 0.343 e. The van der Waals surface area contributed by atoms with Crippen LogP contribution in [0.2, 0.25) is 0 Å². The Labute approximate surface area is 154 Å². The lowest BCUT2D eigenvalue weighted by atomic mass is 9.83.